The minimum absolute atomic E-state index is 0.101. The molecule has 0 aromatic heterocycles. The molecule has 0 unspecified atom stereocenters. The second kappa shape index (κ2) is 4.46. The maximum Gasteiger partial charge on any atom is 0.229 e. The molecule has 92 valence electrons. The van der Waals surface area contributed by atoms with Gasteiger partial charge in [-0.1, -0.05) is 11.6 Å². The van der Waals surface area contributed by atoms with E-state index in [-0.39, 0.29) is 10.3 Å². The molecule has 1 aliphatic heterocycles. The number of halogens is 3. The Morgan fingerprint density at radius 3 is 2.76 bits per heavy atom. The summed E-state index contributed by atoms with van der Waals surface area (Å²) in [6.07, 6.45) is 0.680. The van der Waals surface area contributed by atoms with Gasteiger partial charge in [0.25, 0.3) is 0 Å². The smallest absolute Gasteiger partial charge is 0.229 e. The van der Waals surface area contributed by atoms with Crippen molar-refractivity contribution < 1.29 is 9.18 Å². The van der Waals surface area contributed by atoms with Crippen LogP contribution in [0.15, 0.2) is 18.2 Å². The average Bonchev–Trinajstić information content (AvgIpc) is 2.67. The molecule has 2 nitrogen and oxygen atoms in total. The molecule has 5 heteroatoms. The number of hydrogen-bond donors (Lipinski definition) is 0. The molecular formula is C12H12Cl2FNO. The number of hydrogen-bond acceptors (Lipinski definition) is 2. The van der Waals surface area contributed by atoms with E-state index in [4.69, 9.17) is 23.2 Å². The molecule has 1 fully saturated rings. The summed E-state index contributed by atoms with van der Waals surface area (Å²) in [7, 11) is 0. The van der Waals surface area contributed by atoms with E-state index in [1.165, 1.54) is 12.1 Å². The van der Waals surface area contributed by atoms with Crippen molar-refractivity contribution in [1.82, 2.24) is 0 Å². The minimum atomic E-state index is -0.544. The molecule has 0 N–H and O–H groups in total. The molecule has 0 saturated carbocycles. The third-order valence-corrected chi connectivity index (χ3v) is 3.98. The van der Waals surface area contributed by atoms with Crippen molar-refractivity contribution in [3.8, 4) is 0 Å². The summed E-state index contributed by atoms with van der Waals surface area (Å²) >= 11 is 11.2. The Morgan fingerprint density at radius 1 is 1.53 bits per heavy atom. The number of carbonyl (C=O) groups is 1. The Bertz CT molecular complexity index is 466. The van der Waals surface area contributed by atoms with E-state index in [1.54, 1.807) is 6.07 Å². The van der Waals surface area contributed by atoms with Crippen LogP contribution in [0.1, 0.15) is 13.3 Å². The van der Waals surface area contributed by atoms with Crippen molar-refractivity contribution in [3.63, 3.8) is 0 Å². The Labute approximate surface area is 109 Å². The number of nitrogens with zero attached hydrogens (tertiary/aromatic N) is 1. The van der Waals surface area contributed by atoms with Crippen LogP contribution in [0.3, 0.4) is 0 Å². The minimum Gasteiger partial charge on any atom is -0.370 e. The fraction of sp³-hybridized carbons (Fsp3) is 0.417. The first kappa shape index (κ1) is 12.7. The molecule has 1 saturated heterocycles. The normalized spacial score (nSPS) is 24.1. The molecule has 0 aliphatic carbocycles. The molecular weight excluding hydrogens is 264 g/mol. The zero-order valence-electron chi connectivity index (χ0n) is 9.34. The fourth-order valence-corrected chi connectivity index (χ4v) is 2.30. The SMILES string of the molecule is C[C@@]1(C(=O)Cl)CCN(c2ccc(Cl)c(F)c2)C1. The maximum absolute atomic E-state index is 13.3. The van der Waals surface area contributed by atoms with Gasteiger partial charge >= 0.3 is 0 Å². The Balaban J connectivity index is 2.21. The van der Waals surface area contributed by atoms with Crippen LogP contribution in [-0.4, -0.2) is 18.3 Å². The molecule has 0 radical (unpaired) electrons. The lowest BCUT2D eigenvalue weighted by atomic mass is 9.92. The van der Waals surface area contributed by atoms with Crippen molar-refractivity contribution in [2.24, 2.45) is 5.41 Å². The van der Waals surface area contributed by atoms with Gasteiger partial charge < -0.3 is 4.90 Å². The van der Waals surface area contributed by atoms with Gasteiger partial charge in [-0.05, 0) is 43.1 Å². The third kappa shape index (κ3) is 2.40. The van der Waals surface area contributed by atoms with E-state index in [1.807, 2.05) is 11.8 Å². The molecule has 0 spiro atoms. The van der Waals surface area contributed by atoms with Gasteiger partial charge in [0.15, 0.2) is 0 Å². The second-order valence-electron chi connectivity index (χ2n) is 4.60. The summed E-state index contributed by atoms with van der Waals surface area (Å²) in [5, 5.41) is -0.237. The van der Waals surface area contributed by atoms with Crippen LogP contribution in [-0.2, 0) is 4.79 Å². The van der Waals surface area contributed by atoms with Crippen LogP contribution in [0.25, 0.3) is 0 Å². The van der Waals surface area contributed by atoms with E-state index in [0.717, 1.165) is 5.69 Å². The summed E-state index contributed by atoms with van der Waals surface area (Å²) in [6.45, 7) is 3.03. The van der Waals surface area contributed by atoms with Gasteiger partial charge in [0.2, 0.25) is 5.24 Å². The second-order valence-corrected chi connectivity index (χ2v) is 5.35. The molecule has 1 aromatic carbocycles. The van der Waals surface area contributed by atoms with E-state index in [2.05, 4.69) is 0 Å². The Morgan fingerprint density at radius 2 is 2.24 bits per heavy atom. The van der Waals surface area contributed by atoms with E-state index < -0.39 is 11.2 Å². The van der Waals surface area contributed by atoms with Crippen molar-refractivity contribution in [2.75, 3.05) is 18.0 Å². The maximum atomic E-state index is 13.3. The predicted octanol–water partition coefficient (Wildman–Crippen LogP) is 3.46. The quantitative estimate of drug-likeness (QED) is 0.771. The molecule has 17 heavy (non-hydrogen) atoms. The van der Waals surface area contributed by atoms with E-state index in [0.29, 0.717) is 19.5 Å². The van der Waals surface area contributed by atoms with E-state index >= 15 is 0 Å². The predicted molar refractivity (Wildman–Crippen MR) is 67.2 cm³/mol. The number of carbonyl (C=O) groups excluding carboxylic acids is 1. The van der Waals surface area contributed by atoms with Crippen LogP contribution in [0.2, 0.25) is 5.02 Å². The summed E-state index contributed by atoms with van der Waals surface area (Å²) in [5.41, 5.74) is 0.186. The molecule has 1 heterocycles. The van der Waals surface area contributed by atoms with Gasteiger partial charge in [0, 0.05) is 18.8 Å². The average molecular weight is 276 g/mol. The fourth-order valence-electron chi connectivity index (χ4n) is 2.02. The molecule has 1 aliphatic rings. The van der Waals surface area contributed by atoms with Gasteiger partial charge in [0.05, 0.1) is 10.4 Å². The highest BCUT2D eigenvalue weighted by atomic mass is 35.5. The van der Waals surface area contributed by atoms with Crippen molar-refractivity contribution in [1.29, 1.82) is 0 Å². The monoisotopic (exact) mass is 275 g/mol. The van der Waals surface area contributed by atoms with Crippen molar-refractivity contribution >= 4 is 34.1 Å². The van der Waals surface area contributed by atoms with Crippen LogP contribution in [0.5, 0.6) is 0 Å². The zero-order chi connectivity index (χ0) is 12.6. The number of benzene rings is 1. The first-order valence-corrected chi connectivity index (χ1v) is 6.08. The lowest BCUT2D eigenvalue weighted by molar-refractivity contribution is -0.118. The summed E-state index contributed by atoms with van der Waals surface area (Å²) in [4.78, 5) is 13.3. The summed E-state index contributed by atoms with van der Waals surface area (Å²) < 4.78 is 13.3. The highest BCUT2D eigenvalue weighted by molar-refractivity contribution is 6.64. The largest absolute Gasteiger partial charge is 0.370 e. The molecule has 1 aromatic rings. The number of anilines is 1. The Hall–Kier alpha value is -0.800. The van der Waals surface area contributed by atoms with E-state index in [9.17, 15) is 9.18 Å². The van der Waals surface area contributed by atoms with Crippen LogP contribution in [0, 0.1) is 11.2 Å². The lowest BCUT2D eigenvalue weighted by Crippen LogP contribution is -2.29. The van der Waals surface area contributed by atoms with Gasteiger partial charge in [-0.25, -0.2) is 4.39 Å². The molecule has 1 atom stereocenters. The van der Waals surface area contributed by atoms with Crippen LogP contribution < -0.4 is 4.90 Å². The van der Waals surface area contributed by atoms with Crippen molar-refractivity contribution in [3.05, 3.63) is 29.0 Å². The van der Waals surface area contributed by atoms with Gasteiger partial charge in [-0.2, -0.15) is 0 Å². The number of rotatable bonds is 2. The highest BCUT2D eigenvalue weighted by Gasteiger charge is 2.39. The van der Waals surface area contributed by atoms with Gasteiger partial charge in [-0.15, -0.1) is 0 Å². The summed E-state index contributed by atoms with van der Waals surface area (Å²) in [6, 6.07) is 4.65. The molecule has 0 bridgehead atoms. The first-order chi connectivity index (χ1) is 7.92. The lowest BCUT2D eigenvalue weighted by Gasteiger charge is -2.22. The zero-order valence-corrected chi connectivity index (χ0v) is 10.9. The molecule has 2 rings (SSSR count). The van der Waals surface area contributed by atoms with Crippen LogP contribution >= 0.6 is 23.2 Å². The topological polar surface area (TPSA) is 20.3 Å². The summed E-state index contributed by atoms with van der Waals surface area (Å²) in [5.74, 6) is -0.449. The highest BCUT2D eigenvalue weighted by Crippen LogP contribution is 2.35. The van der Waals surface area contributed by atoms with Crippen molar-refractivity contribution in [2.45, 2.75) is 13.3 Å². The first-order valence-electron chi connectivity index (χ1n) is 5.32. The van der Waals surface area contributed by atoms with Gasteiger partial charge in [-0.3, -0.25) is 4.79 Å². The van der Waals surface area contributed by atoms with Gasteiger partial charge in [0.1, 0.15) is 5.82 Å². The van der Waals surface area contributed by atoms with Crippen LogP contribution in [0.4, 0.5) is 10.1 Å². The Kier molecular flexibility index (Phi) is 3.32. The molecule has 0 amide bonds. The third-order valence-electron chi connectivity index (χ3n) is 3.22. The standard InChI is InChI=1S/C12H12Cl2FNO/c1-12(11(14)17)4-5-16(7-12)8-2-3-9(13)10(15)6-8/h2-3,6H,4-5,7H2,1H3/t12-/m1/s1.